The normalized spacial score (nSPS) is 16.3. The molecular formula is C13H20N2O2. The molecule has 1 saturated heterocycles. The highest BCUT2D eigenvalue weighted by molar-refractivity contribution is 5.19. The number of hydrogen-bond acceptors (Lipinski definition) is 4. The fourth-order valence-corrected chi connectivity index (χ4v) is 2.07. The predicted molar refractivity (Wildman–Crippen MR) is 65.9 cm³/mol. The smallest absolute Gasteiger partial charge is 0.137 e. The van der Waals surface area contributed by atoms with Crippen LogP contribution < -0.4 is 4.74 Å². The van der Waals surface area contributed by atoms with Gasteiger partial charge >= 0.3 is 0 Å². The lowest BCUT2D eigenvalue weighted by Gasteiger charge is -2.14. The fraction of sp³-hybridized carbons (Fsp3) is 0.615. The highest BCUT2D eigenvalue weighted by Gasteiger charge is 2.10. The Morgan fingerprint density at radius 2 is 2.12 bits per heavy atom. The zero-order valence-electron chi connectivity index (χ0n) is 10.1. The molecule has 0 bridgehead atoms. The number of nitrogens with zero attached hydrogens (tertiary/aromatic N) is 2. The lowest BCUT2D eigenvalue weighted by atomic mass is 10.3. The van der Waals surface area contributed by atoms with E-state index in [1.807, 2.05) is 6.07 Å². The number of pyridine rings is 1. The topological polar surface area (TPSA) is 45.6 Å². The number of likely N-dealkylation sites (tertiary alicyclic amines) is 1. The van der Waals surface area contributed by atoms with Crippen molar-refractivity contribution in [3.05, 3.63) is 24.0 Å². The zero-order valence-corrected chi connectivity index (χ0v) is 10.1. The minimum absolute atomic E-state index is 0.0186. The summed E-state index contributed by atoms with van der Waals surface area (Å²) in [6.07, 6.45) is 5.41. The largest absolute Gasteiger partial charge is 0.492 e. The third-order valence-electron chi connectivity index (χ3n) is 3.05. The predicted octanol–water partition coefficient (Wildman–Crippen LogP) is 1.44. The molecule has 1 aliphatic heterocycles. The molecule has 4 heteroatoms. The number of ether oxygens (including phenoxy) is 1. The maximum Gasteiger partial charge on any atom is 0.137 e. The monoisotopic (exact) mass is 236 g/mol. The van der Waals surface area contributed by atoms with E-state index in [2.05, 4.69) is 9.88 Å². The van der Waals surface area contributed by atoms with Crippen molar-refractivity contribution in [2.45, 2.75) is 25.9 Å². The second-order valence-corrected chi connectivity index (χ2v) is 4.39. The first-order valence-corrected chi connectivity index (χ1v) is 6.29. The lowest BCUT2D eigenvalue weighted by Crippen LogP contribution is -2.21. The molecule has 0 amide bonds. The van der Waals surface area contributed by atoms with E-state index in [0.717, 1.165) is 25.3 Å². The second-order valence-electron chi connectivity index (χ2n) is 4.39. The second kappa shape index (κ2) is 6.57. The summed E-state index contributed by atoms with van der Waals surface area (Å²) in [5.74, 6) is 0.781. The third kappa shape index (κ3) is 3.98. The van der Waals surface area contributed by atoms with Crippen LogP contribution in [0.3, 0.4) is 0 Å². The van der Waals surface area contributed by atoms with Gasteiger partial charge in [-0.15, -0.1) is 0 Å². The van der Waals surface area contributed by atoms with Gasteiger partial charge in [0.15, 0.2) is 0 Å². The van der Waals surface area contributed by atoms with E-state index < -0.39 is 0 Å². The highest BCUT2D eigenvalue weighted by atomic mass is 16.5. The Labute approximate surface area is 102 Å². The highest BCUT2D eigenvalue weighted by Crippen LogP contribution is 2.10. The van der Waals surface area contributed by atoms with Crippen molar-refractivity contribution < 1.29 is 9.84 Å². The van der Waals surface area contributed by atoms with Gasteiger partial charge in [-0.2, -0.15) is 0 Å². The maximum absolute atomic E-state index is 8.86. The molecule has 0 aliphatic carbocycles. The van der Waals surface area contributed by atoms with Gasteiger partial charge in [-0.05, 0) is 44.5 Å². The summed E-state index contributed by atoms with van der Waals surface area (Å²) < 4.78 is 5.59. The van der Waals surface area contributed by atoms with Gasteiger partial charge < -0.3 is 14.7 Å². The van der Waals surface area contributed by atoms with E-state index in [0.29, 0.717) is 5.69 Å². The number of aliphatic hydroxyl groups excluding tert-OH is 1. The lowest BCUT2D eigenvalue weighted by molar-refractivity contribution is 0.261. The molecule has 17 heavy (non-hydrogen) atoms. The average Bonchev–Trinajstić information content (AvgIpc) is 2.88. The van der Waals surface area contributed by atoms with Crippen molar-refractivity contribution in [2.24, 2.45) is 0 Å². The van der Waals surface area contributed by atoms with Gasteiger partial charge in [0.2, 0.25) is 0 Å². The molecule has 1 aromatic heterocycles. The number of hydrogen-bond donors (Lipinski definition) is 1. The van der Waals surface area contributed by atoms with Crippen molar-refractivity contribution in [3.8, 4) is 5.75 Å². The summed E-state index contributed by atoms with van der Waals surface area (Å²) in [6, 6.07) is 3.64. The van der Waals surface area contributed by atoms with Crippen LogP contribution in [-0.4, -0.2) is 41.2 Å². The van der Waals surface area contributed by atoms with E-state index in [4.69, 9.17) is 9.84 Å². The fourth-order valence-electron chi connectivity index (χ4n) is 2.07. The summed E-state index contributed by atoms with van der Waals surface area (Å²) in [5.41, 5.74) is 0.675. The molecule has 94 valence electrons. The molecule has 1 aliphatic rings. The van der Waals surface area contributed by atoms with Crippen LogP contribution in [0, 0.1) is 0 Å². The first-order chi connectivity index (χ1) is 8.38. The van der Waals surface area contributed by atoms with E-state index in [1.165, 1.54) is 25.9 Å². The minimum Gasteiger partial charge on any atom is -0.492 e. The van der Waals surface area contributed by atoms with Gasteiger partial charge in [0.25, 0.3) is 0 Å². The van der Waals surface area contributed by atoms with Crippen molar-refractivity contribution in [3.63, 3.8) is 0 Å². The van der Waals surface area contributed by atoms with Crippen LogP contribution in [0.5, 0.6) is 5.75 Å². The molecular weight excluding hydrogens is 216 g/mol. The van der Waals surface area contributed by atoms with Gasteiger partial charge in [0.05, 0.1) is 25.1 Å². The van der Waals surface area contributed by atoms with Crippen LogP contribution in [0.15, 0.2) is 18.3 Å². The summed E-state index contributed by atoms with van der Waals surface area (Å²) >= 11 is 0. The Hall–Kier alpha value is -1.13. The van der Waals surface area contributed by atoms with Crippen molar-refractivity contribution in [2.75, 3.05) is 26.2 Å². The van der Waals surface area contributed by atoms with Gasteiger partial charge in [0, 0.05) is 6.54 Å². The van der Waals surface area contributed by atoms with Gasteiger partial charge in [-0.25, -0.2) is 0 Å². The van der Waals surface area contributed by atoms with Crippen LogP contribution in [-0.2, 0) is 6.61 Å². The zero-order chi connectivity index (χ0) is 11.9. The summed E-state index contributed by atoms with van der Waals surface area (Å²) in [7, 11) is 0. The average molecular weight is 236 g/mol. The quantitative estimate of drug-likeness (QED) is 0.759. The van der Waals surface area contributed by atoms with Crippen LogP contribution in [0.25, 0.3) is 0 Å². The van der Waals surface area contributed by atoms with Gasteiger partial charge in [-0.3, -0.25) is 4.98 Å². The van der Waals surface area contributed by atoms with Crippen molar-refractivity contribution >= 4 is 0 Å². The minimum atomic E-state index is -0.0186. The molecule has 0 atom stereocenters. The molecule has 0 spiro atoms. The van der Waals surface area contributed by atoms with Crippen LogP contribution in [0.2, 0.25) is 0 Å². The van der Waals surface area contributed by atoms with E-state index in [-0.39, 0.29) is 6.61 Å². The van der Waals surface area contributed by atoms with E-state index >= 15 is 0 Å². The van der Waals surface area contributed by atoms with Crippen molar-refractivity contribution in [1.29, 1.82) is 0 Å². The van der Waals surface area contributed by atoms with E-state index in [1.54, 1.807) is 12.3 Å². The Morgan fingerprint density at radius 3 is 2.76 bits per heavy atom. The molecule has 2 rings (SSSR count). The molecule has 1 N–H and O–H groups in total. The number of aliphatic hydroxyl groups is 1. The SMILES string of the molecule is OCc1ccc(OCCCN2CCCC2)cn1. The summed E-state index contributed by atoms with van der Waals surface area (Å²) in [5, 5.41) is 8.86. The first-order valence-electron chi connectivity index (χ1n) is 6.29. The molecule has 0 radical (unpaired) electrons. The molecule has 0 unspecified atom stereocenters. The summed E-state index contributed by atoms with van der Waals surface area (Å²) in [6.45, 7) is 4.33. The number of aromatic nitrogens is 1. The molecule has 2 heterocycles. The van der Waals surface area contributed by atoms with Crippen molar-refractivity contribution in [1.82, 2.24) is 9.88 Å². The van der Waals surface area contributed by atoms with Crippen LogP contribution in [0.1, 0.15) is 25.0 Å². The number of rotatable bonds is 6. The maximum atomic E-state index is 8.86. The Morgan fingerprint density at radius 1 is 1.29 bits per heavy atom. The summed E-state index contributed by atoms with van der Waals surface area (Å²) in [4.78, 5) is 6.55. The Balaban J connectivity index is 1.63. The first kappa shape index (κ1) is 12.3. The van der Waals surface area contributed by atoms with E-state index in [9.17, 15) is 0 Å². The standard InChI is InChI=1S/C13H20N2O2/c16-11-12-4-5-13(10-14-12)17-9-3-8-15-6-1-2-7-15/h4-5,10,16H,1-3,6-9,11H2. The molecule has 1 aromatic rings. The Kier molecular flexibility index (Phi) is 4.76. The Bertz CT molecular complexity index is 321. The van der Waals surface area contributed by atoms with Gasteiger partial charge in [0.1, 0.15) is 5.75 Å². The molecule has 0 aromatic carbocycles. The molecule has 0 saturated carbocycles. The molecule has 1 fully saturated rings. The molecule has 4 nitrogen and oxygen atoms in total. The van der Waals surface area contributed by atoms with Crippen LogP contribution in [0.4, 0.5) is 0 Å². The van der Waals surface area contributed by atoms with Crippen LogP contribution >= 0.6 is 0 Å². The third-order valence-corrected chi connectivity index (χ3v) is 3.05. The van der Waals surface area contributed by atoms with Gasteiger partial charge in [-0.1, -0.05) is 0 Å².